The van der Waals surface area contributed by atoms with Crippen molar-refractivity contribution in [2.75, 3.05) is 47.2 Å². The molecule has 2 aromatic carbocycles. The highest BCUT2D eigenvalue weighted by molar-refractivity contribution is 6.05. The average molecular weight is 546 g/mol. The molecule has 9 nitrogen and oxygen atoms in total. The lowest BCUT2D eigenvalue weighted by atomic mass is 10.1. The van der Waals surface area contributed by atoms with Crippen LogP contribution in [-0.2, 0) is 4.74 Å². The summed E-state index contributed by atoms with van der Waals surface area (Å²) in [5.74, 6) is 0.361. The number of hydrogen-bond acceptors (Lipinski definition) is 8. The lowest BCUT2D eigenvalue weighted by Crippen LogP contribution is -2.36. The Labute approximate surface area is 238 Å². The van der Waals surface area contributed by atoms with E-state index in [9.17, 15) is 4.79 Å². The molecule has 0 unspecified atom stereocenters. The van der Waals surface area contributed by atoms with Gasteiger partial charge in [0.05, 0.1) is 24.4 Å². The van der Waals surface area contributed by atoms with Crippen LogP contribution in [0, 0.1) is 13.8 Å². The Morgan fingerprint density at radius 1 is 0.780 bits per heavy atom. The number of carbonyl (C=O) groups is 1. The normalized spacial score (nSPS) is 13.2. The second-order valence-electron chi connectivity index (χ2n) is 10.0. The van der Waals surface area contributed by atoms with Crippen LogP contribution in [0.25, 0.3) is 10.9 Å². The molecule has 41 heavy (non-hydrogen) atoms. The average Bonchev–Trinajstić information content (AvgIpc) is 2.98. The van der Waals surface area contributed by atoms with E-state index in [4.69, 9.17) is 9.72 Å². The minimum absolute atomic E-state index is 0.216. The number of anilines is 6. The second-order valence-corrected chi connectivity index (χ2v) is 10.0. The van der Waals surface area contributed by atoms with Crippen LogP contribution < -0.4 is 20.9 Å². The Hall–Kier alpha value is -5.02. The largest absolute Gasteiger partial charge is 0.378 e. The zero-order chi connectivity index (χ0) is 28.2. The summed E-state index contributed by atoms with van der Waals surface area (Å²) in [4.78, 5) is 28.8. The predicted molar refractivity (Wildman–Crippen MR) is 164 cm³/mol. The smallest absolute Gasteiger partial charge is 0.255 e. The van der Waals surface area contributed by atoms with Gasteiger partial charge in [0.2, 0.25) is 0 Å². The fraction of sp³-hybridized carbons (Fsp3) is 0.188. The number of aromatic nitrogens is 3. The summed E-state index contributed by atoms with van der Waals surface area (Å²) in [5, 5.41) is 10.7. The van der Waals surface area contributed by atoms with Crippen molar-refractivity contribution in [3.05, 3.63) is 102 Å². The van der Waals surface area contributed by atoms with Gasteiger partial charge in [-0.2, -0.15) is 0 Å². The quantitative estimate of drug-likeness (QED) is 0.222. The van der Waals surface area contributed by atoms with Gasteiger partial charge in [-0.3, -0.25) is 14.8 Å². The van der Waals surface area contributed by atoms with Gasteiger partial charge < -0.3 is 25.6 Å². The number of ether oxygens (including phenoxy) is 1. The van der Waals surface area contributed by atoms with Crippen molar-refractivity contribution in [1.82, 2.24) is 15.0 Å². The molecule has 0 saturated carbocycles. The van der Waals surface area contributed by atoms with Gasteiger partial charge in [-0.25, -0.2) is 4.98 Å². The summed E-state index contributed by atoms with van der Waals surface area (Å²) in [5.41, 5.74) is 7.83. The number of aryl methyl sites for hydroxylation is 2. The first kappa shape index (κ1) is 26.2. The van der Waals surface area contributed by atoms with Crippen LogP contribution in [0.15, 0.2) is 85.2 Å². The molecule has 206 valence electrons. The van der Waals surface area contributed by atoms with Gasteiger partial charge in [0, 0.05) is 70.6 Å². The van der Waals surface area contributed by atoms with Crippen molar-refractivity contribution < 1.29 is 9.53 Å². The predicted octanol–water partition coefficient (Wildman–Crippen LogP) is 6.22. The summed E-state index contributed by atoms with van der Waals surface area (Å²) < 4.78 is 5.51. The van der Waals surface area contributed by atoms with Crippen LogP contribution in [0.4, 0.5) is 34.3 Å². The van der Waals surface area contributed by atoms with Gasteiger partial charge in [0.15, 0.2) is 0 Å². The lowest BCUT2D eigenvalue weighted by Gasteiger charge is -2.29. The summed E-state index contributed by atoms with van der Waals surface area (Å²) in [6, 6.07) is 23.2. The van der Waals surface area contributed by atoms with Crippen molar-refractivity contribution in [3.63, 3.8) is 0 Å². The molecule has 1 fully saturated rings. The zero-order valence-electron chi connectivity index (χ0n) is 23.0. The van der Waals surface area contributed by atoms with Crippen molar-refractivity contribution in [3.8, 4) is 0 Å². The fourth-order valence-corrected chi connectivity index (χ4v) is 4.88. The molecule has 1 saturated heterocycles. The van der Waals surface area contributed by atoms with Crippen molar-refractivity contribution in [2.45, 2.75) is 13.8 Å². The molecule has 1 aliphatic rings. The topological polar surface area (TPSA) is 104 Å². The minimum Gasteiger partial charge on any atom is -0.378 e. The number of nitrogens with zero attached hydrogens (tertiary/aromatic N) is 4. The van der Waals surface area contributed by atoms with E-state index in [1.54, 1.807) is 24.5 Å². The van der Waals surface area contributed by atoms with E-state index in [0.29, 0.717) is 17.1 Å². The van der Waals surface area contributed by atoms with Crippen LogP contribution in [0.3, 0.4) is 0 Å². The van der Waals surface area contributed by atoms with E-state index in [1.807, 2.05) is 56.3 Å². The molecule has 0 bridgehead atoms. The number of rotatable bonds is 7. The van der Waals surface area contributed by atoms with Gasteiger partial charge in [-0.15, -0.1) is 0 Å². The van der Waals surface area contributed by atoms with Crippen LogP contribution in [0.2, 0.25) is 0 Å². The zero-order valence-corrected chi connectivity index (χ0v) is 23.0. The monoisotopic (exact) mass is 545 g/mol. The number of nitrogens with one attached hydrogen (secondary N) is 3. The second kappa shape index (κ2) is 11.6. The Bertz CT molecular complexity index is 1700. The van der Waals surface area contributed by atoms with Gasteiger partial charge in [-0.1, -0.05) is 0 Å². The Balaban J connectivity index is 1.17. The highest BCUT2D eigenvalue weighted by Gasteiger charge is 2.14. The molecule has 0 radical (unpaired) electrons. The summed E-state index contributed by atoms with van der Waals surface area (Å²) >= 11 is 0. The Morgan fingerprint density at radius 3 is 2.37 bits per heavy atom. The third-order valence-corrected chi connectivity index (χ3v) is 6.91. The summed E-state index contributed by atoms with van der Waals surface area (Å²) in [6.07, 6.45) is 3.40. The first-order valence-electron chi connectivity index (χ1n) is 13.6. The molecule has 3 aromatic heterocycles. The number of pyridine rings is 3. The molecule has 5 aromatic rings. The van der Waals surface area contributed by atoms with Crippen LogP contribution >= 0.6 is 0 Å². The maximum atomic E-state index is 13.1. The van der Waals surface area contributed by atoms with Gasteiger partial charge in [0.25, 0.3) is 5.91 Å². The van der Waals surface area contributed by atoms with E-state index in [-0.39, 0.29) is 5.91 Å². The van der Waals surface area contributed by atoms with Gasteiger partial charge >= 0.3 is 0 Å². The number of hydrogen-bond donors (Lipinski definition) is 3. The Morgan fingerprint density at radius 2 is 1.56 bits per heavy atom. The van der Waals surface area contributed by atoms with Gasteiger partial charge in [-0.05, 0) is 86.6 Å². The van der Waals surface area contributed by atoms with Crippen LogP contribution in [0.1, 0.15) is 21.7 Å². The van der Waals surface area contributed by atoms with Crippen LogP contribution in [-0.4, -0.2) is 47.2 Å². The molecular weight excluding hydrogens is 514 g/mol. The highest BCUT2D eigenvalue weighted by atomic mass is 16.5. The molecule has 1 aliphatic heterocycles. The maximum absolute atomic E-state index is 13.1. The Kier molecular flexibility index (Phi) is 7.42. The lowest BCUT2D eigenvalue weighted by molar-refractivity contribution is 0.102. The number of benzene rings is 2. The fourth-order valence-electron chi connectivity index (χ4n) is 4.88. The number of carbonyl (C=O) groups excluding carboxylic acids is 1. The molecule has 0 spiro atoms. The van der Waals surface area contributed by atoms with Crippen molar-refractivity contribution >= 4 is 51.1 Å². The van der Waals surface area contributed by atoms with Crippen molar-refractivity contribution in [1.29, 1.82) is 0 Å². The number of fused-ring (bicyclic) bond motifs is 1. The molecule has 4 heterocycles. The highest BCUT2D eigenvalue weighted by Crippen LogP contribution is 2.30. The molecule has 9 heteroatoms. The number of morpholine rings is 1. The standard InChI is InChI=1S/C32H31N7O2/c1-21-17-26(10-12-33-21)36-24-3-5-25(6-4-24)37-32(40)23-9-11-34-31(19-23)38-30-18-22(2)35-29-8-7-27(20-28(29)30)39-13-15-41-16-14-39/h3-12,17-20H,13-16H2,1-2H3,(H,33,36)(H,37,40)(H,34,35,38). The molecular formula is C32H31N7O2. The molecule has 3 N–H and O–H groups in total. The molecule has 1 amide bonds. The first-order valence-corrected chi connectivity index (χ1v) is 13.6. The summed E-state index contributed by atoms with van der Waals surface area (Å²) in [6.45, 7) is 7.08. The van der Waals surface area contributed by atoms with E-state index in [1.165, 1.54) is 0 Å². The van der Waals surface area contributed by atoms with E-state index in [2.05, 4.69) is 49.0 Å². The van der Waals surface area contributed by atoms with Crippen LogP contribution in [0.5, 0.6) is 0 Å². The molecule has 0 atom stereocenters. The summed E-state index contributed by atoms with van der Waals surface area (Å²) in [7, 11) is 0. The van der Waals surface area contributed by atoms with E-state index < -0.39 is 0 Å². The molecule has 0 aliphatic carbocycles. The third kappa shape index (κ3) is 6.26. The SMILES string of the molecule is Cc1cc(Nc2ccc(NC(=O)c3ccnc(Nc4cc(C)nc5ccc(N6CCOCC6)cc45)c3)cc2)ccn1. The first-order chi connectivity index (χ1) is 20.0. The van der Waals surface area contributed by atoms with E-state index in [0.717, 1.165) is 71.3 Å². The van der Waals surface area contributed by atoms with E-state index >= 15 is 0 Å². The minimum atomic E-state index is -0.216. The third-order valence-electron chi connectivity index (χ3n) is 6.91. The van der Waals surface area contributed by atoms with Crippen molar-refractivity contribution in [2.24, 2.45) is 0 Å². The number of amides is 1. The molecule has 6 rings (SSSR count). The maximum Gasteiger partial charge on any atom is 0.255 e. The van der Waals surface area contributed by atoms with Gasteiger partial charge in [0.1, 0.15) is 5.82 Å².